The van der Waals surface area contributed by atoms with Gasteiger partial charge in [-0.1, -0.05) is 30.3 Å². The zero-order chi connectivity index (χ0) is 19.6. The third-order valence-corrected chi connectivity index (χ3v) is 5.31. The van der Waals surface area contributed by atoms with Crippen molar-refractivity contribution in [3.8, 4) is 11.3 Å². The second-order valence-electron chi connectivity index (χ2n) is 7.22. The van der Waals surface area contributed by atoms with E-state index in [1.54, 1.807) is 11.2 Å². The first-order valence-electron chi connectivity index (χ1n) is 9.79. The number of rotatable bonds is 4. The van der Waals surface area contributed by atoms with Gasteiger partial charge in [0.1, 0.15) is 18.2 Å². The first-order chi connectivity index (χ1) is 14.3. The molecule has 0 radical (unpaired) electrons. The smallest absolute Gasteiger partial charge is 0.410 e. The molecule has 1 atom stereocenters. The van der Waals surface area contributed by atoms with Crippen molar-refractivity contribution in [3.63, 3.8) is 0 Å². The van der Waals surface area contributed by atoms with Crippen molar-refractivity contribution in [2.24, 2.45) is 0 Å². The lowest BCUT2D eigenvalue weighted by Gasteiger charge is -2.22. The molecule has 6 heteroatoms. The van der Waals surface area contributed by atoms with Gasteiger partial charge >= 0.3 is 6.09 Å². The number of hydrogen-bond acceptors (Lipinski definition) is 4. The van der Waals surface area contributed by atoms with Crippen LogP contribution in [0.5, 0.6) is 0 Å². The Hall–Kier alpha value is -3.54. The van der Waals surface area contributed by atoms with E-state index in [2.05, 4.69) is 4.98 Å². The van der Waals surface area contributed by atoms with Crippen molar-refractivity contribution < 1.29 is 13.9 Å². The van der Waals surface area contributed by atoms with Gasteiger partial charge < -0.3 is 14.1 Å². The number of nitrogens with one attached hydrogen (secondary N) is 1. The van der Waals surface area contributed by atoms with Crippen molar-refractivity contribution in [1.29, 1.82) is 0 Å². The van der Waals surface area contributed by atoms with Gasteiger partial charge in [-0.3, -0.25) is 4.90 Å². The number of ether oxygens (including phenoxy) is 1. The van der Waals surface area contributed by atoms with Crippen LogP contribution < -0.4 is 0 Å². The van der Waals surface area contributed by atoms with Crippen LogP contribution in [0.15, 0.2) is 71.3 Å². The van der Waals surface area contributed by atoms with Gasteiger partial charge in [-0.25, -0.2) is 9.78 Å². The normalized spacial score (nSPS) is 16.4. The predicted molar refractivity (Wildman–Crippen MR) is 109 cm³/mol. The number of aromatic amines is 1. The Morgan fingerprint density at radius 3 is 2.90 bits per heavy atom. The molecule has 0 aliphatic carbocycles. The van der Waals surface area contributed by atoms with Gasteiger partial charge in [0.2, 0.25) is 0 Å². The van der Waals surface area contributed by atoms with E-state index in [4.69, 9.17) is 14.1 Å². The lowest BCUT2D eigenvalue weighted by atomic mass is 10.1. The Bertz CT molecular complexity index is 1120. The SMILES string of the molecule is O=C(OCc1ccccc1)N1CCC[C@H]1c1nc2ccc(-c3ccco3)cc2[nH]1. The number of benzene rings is 2. The van der Waals surface area contributed by atoms with Crippen LogP contribution in [0.1, 0.15) is 30.3 Å². The van der Waals surface area contributed by atoms with E-state index >= 15 is 0 Å². The van der Waals surface area contributed by atoms with Crippen molar-refractivity contribution in [2.45, 2.75) is 25.5 Å². The average Bonchev–Trinajstić information content (AvgIpc) is 3.52. The summed E-state index contributed by atoms with van der Waals surface area (Å²) in [4.78, 5) is 22.6. The molecule has 1 N–H and O–H groups in total. The standard InChI is InChI=1S/C23H21N3O3/c27-23(29-15-16-6-2-1-3-7-16)26-12-4-8-20(26)22-24-18-11-10-17(14-19(18)25-22)21-9-5-13-28-21/h1-3,5-7,9-11,13-14,20H,4,8,12,15H2,(H,24,25)/t20-/m0/s1. The topological polar surface area (TPSA) is 71.4 Å². The van der Waals surface area contributed by atoms with E-state index in [-0.39, 0.29) is 18.7 Å². The van der Waals surface area contributed by atoms with Crippen LogP contribution in [-0.2, 0) is 11.3 Å². The monoisotopic (exact) mass is 387 g/mol. The third kappa shape index (κ3) is 3.49. The van der Waals surface area contributed by atoms with Crippen LogP contribution in [-0.4, -0.2) is 27.5 Å². The highest BCUT2D eigenvalue weighted by Gasteiger charge is 2.33. The van der Waals surface area contributed by atoms with E-state index in [0.29, 0.717) is 6.54 Å². The van der Waals surface area contributed by atoms with Gasteiger partial charge in [-0.2, -0.15) is 0 Å². The van der Waals surface area contributed by atoms with E-state index in [1.165, 1.54) is 0 Å². The molecule has 146 valence electrons. The van der Waals surface area contributed by atoms with Crippen LogP contribution in [0.25, 0.3) is 22.4 Å². The van der Waals surface area contributed by atoms with Crippen LogP contribution in [0.2, 0.25) is 0 Å². The second kappa shape index (κ2) is 7.47. The van der Waals surface area contributed by atoms with E-state index < -0.39 is 0 Å². The minimum Gasteiger partial charge on any atom is -0.464 e. The Balaban J connectivity index is 1.35. The van der Waals surface area contributed by atoms with Gasteiger partial charge in [-0.15, -0.1) is 0 Å². The van der Waals surface area contributed by atoms with Gasteiger partial charge in [0, 0.05) is 12.1 Å². The molecule has 1 aliphatic heterocycles. The number of H-pyrrole nitrogens is 1. The van der Waals surface area contributed by atoms with E-state index in [0.717, 1.165) is 46.6 Å². The zero-order valence-corrected chi connectivity index (χ0v) is 15.9. The summed E-state index contributed by atoms with van der Waals surface area (Å²) < 4.78 is 11.0. The summed E-state index contributed by atoms with van der Waals surface area (Å²) in [5.41, 5.74) is 3.77. The molecule has 1 aliphatic rings. The predicted octanol–water partition coefficient (Wildman–Crippen LogP) is 5.30. The zero-order valence-electron chi connectivity index (χ0n) is 15.9. The number of likely N-dealkylation sites (tertiary alicyclic amines) is 1. The minimum absolute atomic E-state index is 0.0993. The van der Waals surface area contributed by atoms with Crippen LogP contribution in [0, 0.1) is 0 Å². The molecule has 2 aromatic carbocycles. The molecule has 3 heterocycles. The molecule has 1 saturated heterocycles. The molecule has 6 nitrogen and oxygen atoms in total. The Morgan fingerprint density at radius 1 is 1.17 bits per heavy atom. The van der Waals surface area contributed by atoms with Crippen molar-refractivity contribution >= 4 is 17.1 Å². The van der Waals surface area contributed by atoms with Crippen LogP contribution in [0.4, 0.5) is 4.79 Å². The number of amides is 1. The number of carbonyl (C=O) groups is 1. The largest absolute Gasteiger partial charge is 0.464 e. The van der Waals surface area contributed by atoms with Gasteiger partial charge in [0.05, 0.1) is 23.3 Å². The highest BCUT2D eigenvalue weighted by atomic mass is 16.6. The lowest BCUT2D eigenvalue weighted by molar-refractivity contribution is 0.0910. The fourth-order valence-electron chi connectivity index (χ4n) is 3.85. The number of carbonyl (C=O) groups excluding carboxylic acids is 1. The summed E-state index contributed by atoms with van der Waals surface area (Å²) >= 11 is 0. The van der Waals surface area contributed by atoms with Crippen molar-refractivity contribution in [2.75, 3.05) is 6.54 Å². The lowest BCUT2D eigenvalue weighted by Crippen LogP contribution is -2.31. The molecule has 1 fully saturated rings. The third-order valence-electron chi connectivity index (χ3n) is 5.31. The first-order valence-corrected chi connectivity index (χ1v) is 9.79. The summed E-state index contributed by atoms with van der Waals surface area (Å²) in [5.74, 6) is 1.61. The summed E-state index contributed by atoms with van der Waals surface area (Å²) in [6.07, 6.45) is 3.16. The average molecular weight is 387 g/mol. The summed E-state index contributed by atoms with van der Waals surface area (Å²) in [6.45, 7) is 0.947. The van der Waals surface area contributed by atoms with E-state index in [1.807, 2.05) is 60.7 Å². The maximum atomic E-state index is 12.7. The summed E-state index contributed by atoms with van der Waals surface area (Å²) in [7, 11) is 0. The molecule has 0 bridgehead atoms. The fraction of sp³-hybridized carbons (Fsp3) is 0.217. The molecule has 0 unspecified atom stereocenters. The first kappa shape index (κ1) is 17.6. The Kier molecular flexibility index (Phi) is 4.52. The van der Waals surface area contributed by atoms with Crippen LogP contribution in [0.3, 0.4) is 0 Å². The molecular formula is C23H21N3O3. The quantitative estimate of drug-likeness (QED) is 0.516. The van der Waals surface area contributed by atoms with Gasteiger partial charge in [0.25, 0.3) is 0 Å². The second-order valence-corrected chi connectivity index (χ2v) is 7.22. The number of aromatic nitrogens is 2. The fourth-order valence-corrected chi connectivity index (χ4v) is 3.85. The number of fused-ring (bicyclic) bond motifs is 1. The van der Waals surface area contributed by atoms with Gasteiger partial charge in [0.15, 0.2) is 0 Å². The molecule has 4 aromatic rings. The summed E-state index contributed by atoms with van der Waals surface area (Å²) in [5, 5.41) is 0. The molecule has 0 spiro atoms. The number of nitrogens with zero attached hydrogens (tertiary/aromatic N) is 2. The molecule has 29 heavy (non-hydrogen) atoms. The van der Waals surface area contributed by atoms with Crippen LogP contribution >= 0.6 is 0 Å². The van der Waals surface area contributed by atoms with Gasteiger partial charge in [-0.05, 0) is 48.7 Å². The molecule has 0 saturated carbocycles. The maximum absolute atomic E-state index is 12.7. The number of imidazole rings is 1. The Labute approximate surface area is 168 Å². The van der Waals surface area contributed by atoms with Crippen molar-refractivity contribution in [3.05, 3.63) is 78.3 Å². The minimum atomic E-state index is -0.298. The Morgan fingerprint density at radius 2 is 2.07 bits per heavy atom. The highest BCUT2D eigenvalue weighted by molar-refractivity contribution is 5.81. The molecule has 1 amide bonds. The van der Waals surface area contributed by atoms with Crippen molar-refractivity contribution in [1.82, 2.24) is 14.9 Å². The number of hydrogen-bond donors (Lipinski definition) is 1. The summed E-state index contributed by atoms with van der Waals surface area (Å²) in [6, 6.07) is 19.4. The molecule has 2 aromatic heterocycles. The highest BCUT2D eigenvalue weighted by Crippen LogP contribution is 2.33. The molecule has 5 rings (SSSR count). The number of furan rings is 1. The maximum Gasteiger partial charge on any atom is 0.410 e. The molecular weight excluding hydrogens is 366 g/mol. The van der Waals surface area contributed by atoms with E-state index in [9.17, 15) is 4.79 Å².